The Labute approximate surface area is 209 Å². The zero-order valence-corrected chi connectivity index (χ0v) is 20.6. The molecule has 0 spiro atoms. The maximum Gasteiger partial charge on any atom is 0.255 e. The number of aromatic nitrogens is 5. The fraction of sp³-hybridized carbons (Fsp3) is 0.241. The van der Waals surface area contributed by atoms with Crippen LogP contribution in [0.15, 0.2) is 73.1 Å². The van der Waals surface area contributed by atoms with Crippen LogP contribution < -0.4 is 5.32 Å². The summed E-state index contributed by atoms with van der Waals surface area (Å²) in [6.45, 7) is 6.67. The smallest absolute Gasteiger partial charge is 0.255 e. The first-order valence-electron chi connectivity index (χ1n) is 12.2. The molecule has 2 aromatic carbocycles. The minimum atomic E-state index is -0.129. The second-order valence-corrected chi connectivity index (χ2v) is 10.4. The molecule has 3 heterocycles. The molecule has 1 atom stereocenters. The standard InChI is InChI=1S/C29H28N6O/c1-18(19-9-11-20(12-10-19)28(36)31-23-7-5-4-6-8-23)35-17-22-13-21(16-30-27(22)34-35)26-24-14-29(2,3)15-25(24)32-33-26/h4-13,16-18H,14-15H2,1-3H3,(H,31,36)(H,32,33). The van der Waals surface area contributed by atoms with Crippen LogP contribution in [0.3, 0.4) is 0 Å². The average molecular weight is 477 g/mol. The van der Waals surface area contributed by atoms with Gasteiger partial charge in [-0.25, -0.2) is 4.98 Å². The highest BCUT2D eigenvalue weighted by atomic mass is 16.1. The minimum Gasteiger partial charge on any atom is -0.322 e. The number of anilines is 1. The fourth-order valence-corrected chi connectivity index (χ4v) is 5.05. The van der Waals surface area contributed by atoms with E-state index in [0.29, 0.717) is 11.2 Å². The van der Waals surface area contributed by atoms with Crippen molar-refractivity contribution < 1.29 is 4.79 Å². The molecule has 180 valence electrons. The molecule has 1 aliphatic rings. The lowest BCUT2D eigenvalue weighted by molar-refractivity contribution is 0.102. The zero-order chi connectivity index (χ0) is 24.9. The van der Waals surface area contributed by atoms with Crippen LogP contribution in [0.5, 0.6) is 0 Å². The lowest BCUT2D eigenvalue weighted by atomic mass is 9.90. The van der Waals surface area contributed by atoms with Crippen molar-refractivity contribution in [1.82, 2.24) is 25.0 Å². The van der Waals surface area contributed by atoms with Gasteiger partial charge >= 0.3 is 0 Å². The number of para-hydroxylation sites is 1. The third-order valence-corrected chi connectivity index (χ3v) is 7.00. The van der Waals surface area contributed by atoms with Crippen LogP contribution in [0.25, 0.3) is 22.3 Å². The van der Waals surface area contributed by atoms with Crippen LogP contribution >= 0.6 is 0 Å². The number of amides is 1. The quantitative estimate of drug-likeness (QED) is 0.335. The molecule has 0 radical (unpaired) electrons. The van der Waals surface area contributed by atoms with E-state index in [0.717, 1.165) is 40.7 Å². The fourth-order valence-electron chi connectivity index (χ4n) is 5.05. The molecule has 0 saturated heterocycles. The Kier molecular flexibility index (Phi) is 5.21. The van der Waals surface area contributed by atoms with Gasteiger partial charge in [0, 0.05) is 45.9 Å². The van der Waals surface area contributed by atoms with Crippen molar-refractivity contribution in [3.05, 3.63) is 95.4 Å². The SMILES string of the molecule is CC(c1ccc(C(=O)Nc2ccccc2)cc1)n1cc2cc(-c3n[nH]c4c3CC(C)(C)C4)cnc2n1. The van der Waals surface area contributed by atoms with E-state index in [1.165, 1.54) is 11.3 Å². The Balaban J connectivity index is 1.22. The highest BCUT2D eigenvalue weighted by Gasteiger charge is 2.32. The molecule has 36 heavy (non-hydrogen) atoms. The number of rotatable bonds is 5. The monoisotopic (exact) mass is 476 g/mol. The number of nitrogens with one attached hydrogen (secondary N) is 2. The Morgan fingerprint density at radius 2 is 1.86 bits per heavy atom. The van der Waals surface area contributed by atoms with Crippen LogP contribution in [-0.4, -0.2) is 30.9 Å². The molecule has 1 amide bonds. The number of fused-ring (bicyclic) bond motifs is 2. The van der Waals surface area contributed by atoms with E-state index in [9.17, 15) is 4.79 Å². The Morgan fingerprint density at radius 3 is 2.64 bits per heavy atom. The number of H-pyrrole nitrogens is 1. The number of hydrogen-bond acceptors (Lipinski definition) is 4. The van der Waals surface area contributed by atoms with Gasteiger partial charge in [0.25, 0.3) is 5.91 Å². The second kappa shape index (κ2) is 8.45. The summed E-state index contributed by atoms with van der Waals surface area (Å²) >= 11 is 0. The summed E-state index contributed by atoms with van der Waals surface area (Å²) < 4.78 is 1.93. The van der Waals surface area contributed by atoms with E-state index >= 15 is 0 Å². The third-order valence-electron chi connectivity index (χ3n) is 7.00. The minimum absolute atomic E-state index is 0.00989. The summed E-state index contributed by atoms with van der Waals surface area (Å²) in [7, 11) is 0. The van der Waals surface area contributed by atoms with Gasteiger partial charge in [-0.05, 0) is 61.1 Å². The lowest BCUT2D eigenvalue weighted by Crippen LogP contribution is -2.12. The van der Waals surface area contributed by atoms with E-state index in [2.05, 4.69) is 47.3 Å². The van der Waals surface area contributed by atoms with Crippen molar-refractivity contribution in [2.45, 2.75) is 39.7 Å². The summed E-state index contributed by atoms with van der Waals surface area (Å²) in [5, 5.41) is 16.4. The maximum atomic E-state index is 12.6. The predicted molar refractivity (Wildman–Crippen MR) is 141 cm³/mol. The van der Waals surface area contributed by atoms with Crippen LogP contribution in [0, 0.1) is 5.41 Å². The van der Waals surface area contributed by atoms with Crippen molar-refractivity contribution in [3.63, 3.8) is 0 Å². The summed E-state index contributed by atoms with van der Waals surface area (Å²) in [6, 6.07) is 19.2. The molecular weight excluding hydrogens is 448 g/mol. The van der Waals surface area contributed by atoms with Gasteiger partial charge in [-0.2, -0.15) is 10.2 Å². The molecule has 1 aliphatic carbocycles. The topological polar surface area (TPSA) is 88.5 Å². The first-order chi connectivity index (χ1) is 17.4. The van der Waals surface area contributed by atoms with Crippen molar-refractivity contribution in [3.8, 4) is 11.3 Å². The molecule has 1 unspecified atom stereocenters. The first kappa shape index (κ1) is 22.2. The molecule has 0 bridgehead atoms. The highest BCUT2D eigenvalue weighted by molar-refractivity contribution is 6.04. The zero-order valence-electron chi connectivity index (χ0n) is 20.6. The number of carbonyl (C=O) groups excluding carboxylic acids is 1. The summed E-state index contributed by atoms with van der Waals surface area (Å²) in [5.74, 6) is -0.129. The van der Waals surface area contributed by atoms with Crippen LogP contribution in [0.4, 0.5) is 5.69 Å². The van der Waals surface area contributed by atoms with E-state index in [1.54, 1.807) is 0 Å². The first-order valence-corrected chi connectivity index (χ1v) is 12.2. The van der Waals surface area contributed by atoms with Gasteiger partial charge in [-0.1, -0.05) is 44.2 Å². The average Bonchev–Trinajstić information content (AvgIpc) is 3.55. The van der Waals surface area contributed by atoms with Gasteiger partial charge < -0.3 is 5.32 Å². The van der Waals surface area contributed by atoms with E-state index in [-0.39, 0.29) is 17.4 Å². The van der Waals surface area contributed by atoms with E-state index < -0.39 is 0 Å². The number of carbonyl (C=O) groups is 1. The molecule has 0 saturated carbocycles. The Hall–Kier alpha value is -4.26. The van der Waals surface area contributed by atoms with Gasteiger partial charge in [0.05, 0.1) is 11.7 Å². The molecule has 2 N–H and O–H groups in total. The molecule has 5 aromatic rings. The van der Waals surface area contributed by atoms with Crippen molar-refractivity contribution in [1.29, 1.82) is 0 Å². The molecule has 3 aromatic heterocycles. The largest absolute Gasteiger partial charge is 0.322 e. The molecule has 0 aliphatic heterocycles. The summed E-state index contributed by atoms with van der Waals surface area (Å²) in [6.07, 6.45) is 5.94. The number of aromatic amines is 1. The predicted octanol–water partition coefficient (Wildman–Crippen LogP) is 5.81. The van der Waals surface area contributed by atoms with Crippen LogP contribution in [0.2, 0.25) is 0 Å². The van der Waals surface area contributed by atoms with Crippen LogP contribution in [0.1, 0.15) is 54.0 Å². The number of nitrogens with zero attached hydrogens (tertiary/aromatic N) is 4. The Morgan fingerprint density at radius 1 is 1.08 bits per heavy atom. The molecule has 0 fully saturated rings. The summed E-state index contributed by atoms with van der Waals surface area (Å²) in [5.41, 5.74) is 7.96. The van der Waals surface area contributed by atoms with Crippen molar-refractivity contribution >= 4 is 22.6 Å². The van der Waals surface area contributed by atoms with Gasteiger partial charge in [0.2, 0.25) is 0 Å². The lowest BCUT2D eigenvalue weighted by Gasteiger charge is -2.15. The normalized spacial score (nSPS) is 15.1. The second-order valence-electron chi connectivity index (χ2n) is 10.4. The number of hydrogen-bond donors (Lipinski definition) is 2. The third kappa shape index (κ3) is 4.06. The molecule has 6 rings (SSSR count). The number of benzene rings is 2. The van der Waals surface area contributed by atoms with Gasteiger partial charge in [0.1, 0.15) is 0 Å². The van der Waals surface area contributed by atoms with Crippen molar-refractivity contribution in [2.24, 2.45) is 5.41 Å². The van der Waals surface area contributed by atoms with Gasteiger partial charge in [-0.3, -0.25) is 14.6 Å². The molecular formula is C29H28N6O. The highest BCUT2D eigenvalue weighted by Crippen LogP contribution is 2.40. The van der Waals surface area contributed by atoms with Crippen molar-refractivity contribution in [2.75, 3.05) is 5.32 Å². The van der Waals surface area contributed by atoms with Gasteiger partial charge in [-0.15, -0.1) is 0 Å². The maximum absolute atomic E-state index is 12.6. The Bertz CT molecular complexity index is 1560. The molecule has 7 nitrogen and oxygen atoms in total. The van der Waals surface area contributed by atoms with E-state index in [1.807, 2.05) is 71.7 Å². The van der Waals surface area contributed by atoms with E-state index in [4.69, 9.17) is 5.10 Å². The molecule has 7 heteroatoms. The number of pyridine rings is 1. The summed E-state index contributed by atoms with van der Waals surface area (Å²) in [4.78, 5) is 17.2. The van der Waals surface area contributed by atoms with Gasteiger partial charge in [0.15, 0.2) is 5.65 Å². The van der Waals surface area contributed by atoms with Crippen LogP contribution in [-0.2, 0) is 12.8 Å².